The van der Waals surface area contributed by atoms with Gasteiger partial charge >= 0.3 is 0 Å². The summed E-state index contributed by atoms with van der Waals surface area (Å²) in [6.45, 7) is 2.32. The van der Waals surface area contributed by atoms with Crippen LogP contribution in [0.1, 0.15) is 12.8 Å². The van der Waals surface area contributed by atoms with E-state index in [-0.39, 0.29) is 5.91 Å². The van der Waals surface area contributed by atoms with Crippen LogP contribution in [0, 0.1) is 5.82 Å². The summed E-state index contributed by atoms with van der Waals surface area (Å²) in [6, 6.07) is 5.03. The Balaban J connectivity index is 1.56. The highest BCUT2D eigenvalue weighted by Gasteiger charge is 2.15. The number of fused-ring (bicyclic) bond motifs is 1. The molecule has 0 saturated carbocycles. The fraction of sp³-hybridized carbons (Fsp3) is 0.263. The van der Waals surface area contributed by atoms with Crippen molar-refractivity contribution in [2.24, 2.45) is 0 Å². The summed E-state index contributed by atoms with van der Waals surface area (Å²) in [6.07, 6.45) is 8.36. The van der Waals surface area contributed by atoms with Gasteiger partial charge in [-0.25, -0.2) is 9.37 Å². The van der Waals surface area contributed by atoms with E-state index < -0.39 is 5.82 Å². The summed E-state index contributed by atoms with van der Waals surface area (Å²) in [5.41, 5.74) is 1.22. The molecule has 1 aliphatic rings. The Labute approximate surface area is 150 Å². The highest BCUT2D eigenvalue weighted by molar-refractivity contribution is 5.94. The fourth-order valence-corrected chi connectivity index (χ4v) is 3.14. The number of nitrogens with one attached hydrogen (secondary N) is 1. The van der Waals surface area contributed by atoms with Crippen LogP contribution >= 0.6 is 0 Å². The molecule has 0 aliphatic carbocycles. The number of anilines is 1. The molecule has 6 nitrogen and oxygen atoms in total. The van der Waals surface area contributed by atoms with Crippen LogP contribution in [0.4, 0.5) is 10.2 Å². The zero-order chi connectivity index (χ0) is 17.9. The van der Waals surface area contributed by atoms with Gasteiger partial charge in [-0.1, -0.05) is 0 Å². The third-order valence-electron chi connectivity index (χ3n) is 4.44. The average Bonchev–Trinajstić information content (AvgIpc) is 3.14. The van der Waals surface area contributed by atoms with E-state index in [0.29, 0.717) is 23.6 Å². The summed E-state index contributed by atoms with van der Waals surface area (Å²) in [7, 11) is 0. The average molecular weight is 351 g/mol. The summed E-state index contributed by atoms with van der Waals surface area (Å²) >= 11 is 0. The lowest BCUT2D eigenvalue weighted by molar-refractivity contribution is -0.117. The predicted octanol–water partition coefficient (Wildman–Crippen LogP) is 2.87. The van der Waals surface area contributed by atoms with Gasteiger partial charge in [-0.3, -0.25) is 19.7 Å². The molecule has 4 heterocycles. The predicted molar refractivity (Wildman–Crippen MR) is 97.0 cm³/mol. The molecule has 0 atom stereocenters. The first-order valence-corrected chi connectivity index (χ1v) is 8.56. The van der Waals surface area contributed by atoms with Crippen LogP contribution in [0.5, 0.6) is 0 Å². The van der Waals surface area contributed by atoms with Gasteiger partial charge < -0.3 is 5.32 Å². The topological polar surface area (TPSA) is 71.0 Å². The van der Waals surface area contributed by atoms with Crippen molar-refractivity contribution in [3.8, 4) is 11.3 Å². The van der Waals surface area contributed by atoms with Crippen molar-refractivity contribution < 1.29 is 9.18 Å². The Kier molecular flexibility index (Phi) is 4.53. The van der Waals surface area contributed by atoms with Gasteiger partial charge in [-0.05, 0) is 49.5 Å². The molecule has 3 aromatic rings. The highest BCUT2D eigenvalue weighted by atomic mass is 19.1. The first kappa shape index (κ1) is 16.5. The second-order valence-electron chi connectivity index (χ2n) is 6.41. The molecule has 0 bridgehead atoms. The summed E-state index contributed by atoms with van der Waals surface area (Å²) in [5.74, 6) is 0.0209. The smallest absolute Gasteiger partial charge is 0.239 e. The lowest BCUT2D eigenvalue weighted by Gasteiger charge is -2.14. The maximum Gasteiger partial charge on any atom is 0.239 e. The Morgan fingerprint density at radius 3 is 2.65 bits per heavy atom. The molecule has 3 aromatic heterocycles. The number of halogens is 1. The number of hydrogen-bond acceptors (Lipinski definition) is 5. The van der Waals surface area contributed by atoms with Gasteiger partial charge in [0.25, 0.3) is 0 Å². The molecule has 1 fully saturated rings. The van der Waals surface area contributed by atoms with Crippen molar-refractivity contribution >= 4 is 22.5 Å². The molecule has 7 heteroatoms. The summed E-state index contributed by atoms with van der Waals surface area (Å²) in [4.78, 5) is 26.8. The number of rotatable bonds is 4. The van der Waals surface area contributed by atoms with Gasteiger partial charge in [0.2, 0.25) is 5.91 Å². The first-order valence-electron chi connectivity index (χ1n) is 8.56. The zero-order valence-corrected chi connectivity index (χ0v) is 14.2. The molecule has 4 rings (SSSR count). The zero-order valence-electron chi connectivity index (χ0n) is 14.2. The van der Waals surface area contributed by atoms with Gasteiger partial charge in [0.05, 0.1) is 18.4 Å². The second kappa shape index (κ2) is 7.13. The molecule has 0 radical (unpaired) electrons. The van der Waals surface area contributed by atoms with Crippen LogP contribution in [0.2, 0.25) is 0 Å². The van der Waals surface area contributed by atoms with Crippen molar-refractivity contribution in [2.75, 3.05) is 25.0 Å². The molecule has 1 N–H and O–H groups in total. The summed E-state index contributed by atoms with van der Waals surface area (Å²) < 4.78 is 13.4. The second-order valence-corrected chi connectivity index (χ2v) is 6.41. The maximum atomic E-state index is 13.4. The lowest BCUT2D eigenvalue weighted by atomic mass is 10.1. The minimum absolute atomic E-state index is 0.0673. The Bertz CT molecular complexity index is 956. The van der Waals surface area contributed by atoms with Crippen molar-refractivity contribution in [3.05, 3.63) is 48.8 Å². The number of pyridine rings is 3. The number of aromatic nitrogens is 3. The molecule has 1 amide bonds. The normalized spacial score (nSPS) is 14.7. The van der Waals surface area contributed by atoms with E-state index in [1.807, 2.05) is 6.07 Å². The van der Waals surface area contributed by atoms with Crippen LogP contribution in [0.15, 0.2) is 43.0 Å². The van der Waals surface area contributed by atoms with E-state index in [0.717, 1.165) is 42.9 Å². The van der Waals surface area contributed by atoms with E-state index in [9.17, 15) is 9.18 Å². The largest absolute Gasteiger partial charge is 0.310 e. The highest BCUT2D eigenvalue weighted by Crippen LogP contribution is 2.23. The van der Waals surface area contributed by atoms with Crippen molar-refractivity contribution in [1.29, 1.82) is 0 Å². The lowest BCUT2D eigenvalue weighted by Crippen LogP contribution is -2.31. The number of amides is 1. The molecular formula is C19H18FN5O. The van der Waals surface area contributed by atoms with Crippen LogP contribution in [0.3, 0.4) is 0 Å². The van der Waals surface area contributed by atoms with Crippen molar-refractivity contribution in [3.63, 3.8) is 0 Å². The molecule has 0 aromatic carbocycles. The Morgan fingerprint density at radius 1 is 1.04 bits per heavy atom. The molecule has 0 unspecified atom stereocenters. The quantitative estimate of drug-likeness (QED) is 0.783. The van der Waals surface area contributed by atoms with Gasteiger partial charge in [0, 0.05) is 29.5 Å². The summed E-state index contributed by atoms with van der Waals surface area (Å²) in [5, 5.41) is 4.55. The van der Waals surface area contributed by atoms with Crippen LogP contribution in [0.25, 0.3) is 22.0 Å². The monoisotopic (exact) mass is 351 g/mol. The Hall–Kier alpha value is -2.93. The van der Waals surface area contributed by atoms with Gasteiger partial charge in [0.1, 0.15) is 11.6 Å². The SMILES string of the molecule is O=C(CN1CCCC1)Nc1cc2cc(-c3cncc(F)c3)ncc2cn1. The number of likely N-dealkylation sites (tertiary alicyclic amines) is 1. The third-order valence-corrected chi connectivity index (χ3v) is 4.44. The minimum Gasteiger partial charge on any atom is -0.310 e. The fourth-order valence-electron chi connectivity index (χ4n) is 3.14. The molecule has 1 saturated heterocycles. The number of nitrogens with zero attached hydrogens (tertiary/aromatic N) is 4. The van der Waals surface area contributed by atoms with E-state index >= 15 is 0 Å². The van der Waals surface area contributed by atoms with Crippen LogP contribution in [-0.4, -0.2) is 45.4 Å². The molecule has 1 aliphatic heterocycles. The van der Waals surface area contributed by atoms with Gasteiger partial charge in [0.15, 0.2) is 0 Å². The van der Waals surface area contributed by atoms with E-state index in [2.05, 4.69) is 25.2 Å². The van der Waals surface area contributed by atoms with Gasteiger partial charge in [-0.15, -0.1) is 0 Å². The van der Waals surface area contributed by atoms with Crippen molar-refractivity contribution in [1.82, 2.24) is 19.9 Å². The van der Waals surface area contributed by atoms with Crippen LogP contribution in [-0.2, 0) is 4.79 Å². The maximum absolute atomic E-state index is 13.4. The minimum atomic E-state index is -0.408. The molecule has 0 spiro atoms. The number of carbonyl (C=O) groups excluding carboxylic acids is 1. The standard InChI is InChI=1S/C19H18FN5O/c20-16-5-14(8-21-11-16)17-6-13-7-18(23-10-15(13)9-22-17)24-19(26)12-25-3-1-2-4-25/h5-11H,1-4,12H2,(H,23,24,26). The van der Waals surface area contributed by atoms with Crippen LogP contribution < -0.4 is 5.32 Å². The molecule has 26 heavy (non-hydrogen) atoms. The Morgan fingerprint density at radius 2 is 1.85 bits per heavy atom. The van der Waals surface area contributed by atoms with E-state index in [1.54, 1.807) is 24.7 Å². The van der Waals surface area contributed by atoms with Crippen molar-refractivity contribution in [2.45, 2.75) is 12.8 Å². The third kappa shape index (κ3) is 3.67. The molecular weight excluding hydrogens is 333 g/mol. The van der Waals surface area contributed by atoms with E-state index in [1.165, 1.54) is 6.07 Å². The first-order chi connectivity index (χ1) is 12.7. The number of hydrogen-bond donors (Lipinski definition) is 1. The molecule has 132 valence electrons. The van der Waals surface area contributed by atoms with Gasteiger partial charge in [-0.2, -0.15) is 0 Å². The van der Waals surface area contributed by atoms with E-state index in [4.69, 9.17) is 0 Å². The number of carbonyl (C=O) groups is 1.